The molecule has 0 spiro atoms. The molecule has 0 unspecified atom stereocenters. The molecule has 0 amide bonds. The molecule has 0 saturated carbocycles. The van der Waals surface area contributed by atoms with Crippen LogP contribution in [0.3, 0.4) is 0 Å². The number of hydrogen-bond donors (Lipinski definition) is 8. The van der Waals surface area contributed by atoms with E-state index >= 15 is 0 Å². The van der Waals surface area contributed by atoms with E-state index < -0.39 is 29.6 Å². The molecule has 0 radical (unpaired) electrons. The van der Waals surface area contributed by atoms with Gasteiger partial charge in [-0.2, -0.15) is 0 Å². The van der Waals surface area contributed by atoms with E-state index in [1.54, 1.807) is 0 Å². The zero-order chi connectivity index (χ0) is 14.3. The van der Waals surface area contributed by atoms with Crippen LogP contribution >= 0.6 is 0 Å². The van der Waals surface area contributed by atoms with Crippen molar-refractivity contribution in [2.24, 2.45) is 0 Å². The molecule has 17 heteroatoms. The molecular weight excluding hydrogens is 270 g/mol. The Morgan fingerprint density at radius 2 is 0.412 bits per heavy atom. The summed E-state index contributed by atoms with van der Waals surface area (Å²) >= 11 is 0. The van der Waals surface area contributed by atoms with Gasteiger partial charge in [0.25, 0.3) is 0 Å². The molecule has 0 rings (SSSR count). The predicted octanol–water partition coefficient (Wildman–Crippen LogP) is -4.95. The van der Waals surface area contributed by atoms with E-state index in [-0.39, 0.29) is 29.6 Å². The molecule has 17 heavy (non-hydrogen) atoms. The second-order valence-corrected chi connectivity index (χ2v) is 1.24. The molecule has 8 nitrogen and oxygen atoms in total. The van der Waals surface area contributed by atoms with Gasteiger partial charge in [-0.3, -0.25) is 17.3 Å². The van der Waals surface area contributed by atoms with Crippen molar-refractivity contribution >= 4 is 59.1 Å². The summed E-state index contributed by atoms with van der Waals surface area (Å²) in [6, 6.07) is 0. The van der Waals surface area contributed by atoms with Crippen molar-refractivity contribution in [3.63, 3.8) is 0 Å². The zero-order valence-electron chi connectivity index (χ0n) is 7.40. The molecule has 0 aliphatic rings. The molecular formula is H9B4F4NaO8. The van der Waals surface area contributed by atoms with Crippen LogP contribution in [0.15, 0.2) is 0 Å². The molecule has 0 aromatic rings. The van der Waals surface area contributed by atoms with E-state index in [0.717, 1.165) is 0 Å². The average molecular weight is 279 g/mol. The van der Waals surface area contributed by atoms with Crippen molar-refractivity contribution in [2.45, 2.75) is 0 Å². The monoisotopic (exact) mass is 280 g/mol. The second-order valence-electron chi connectivity index (χ2n) is 1.24. The fraction of sp³-hybridized carbons (Fsp3) is 0. The van der Waals surface area contributed by atoms with E-state index in [1.807, 2.05) is 0 Å². The zero-order valence-corrected chi connectivity index (χ0v) is 7.40. The van der Waals surface area contributed by atoms with E-state index in [0.29, 0.717) is 0 Å². The molecule has 0 aliphatic carbocycles. The van der Waals surface area contributed by atoms with Gasteiger partial charge in [0, 0.05) is 0 Å². The predicted molar refractivity (Wildman–Crippen MR) is 52.3 cm³/mol. The Morgan fingerprint density at radius 1 is 0.412 bits per heavy atom. The van der Waals surface area contributed by atoms with Gasteiger partial charge in [0.05, 0.1) is 0 Å². The summed E-state index contributed by atoms with van der Waals surface area (Å²) in [5.74, 6) is 0. The van der Waals surface area contributed by atoms with Crippen LogP contribution in [0.2, 0.25) is 0 Å². The second kappa shape index (κ2) is 25.5. The third-order valence-electron chi connectivity index (χ3n) is 0. The van der Waals surface area contributed by atoms with Crippen LogP contribution in [-0.2, 0) is 0 Å². The summed E-state index contributed by atoms with van der Waals surface area (Å²) < 4.78 is 40.4. The van der Waals surface area contributed by atoms with Crippen LogP contribution in [0, 0.1) is 0 Å². The van der Waals surface area contributed by atoms with Crippen LogP contribution in [0.5, 0.6) is 0 Å². The van der Waals surface area contributed by atoms with Gasteiger partial charge in [-0.1, -0.05) is 0 Å². The van der Waals surface area contributed by atoms with Crippen molar-refractivity contribution < 1.29 is 57.5 Å². The fourth-order valence-electron chi connectivity index (χ4n) is 0. The van der Waals surface area contributed by atoms with Gasteiger partial charge in [0.2, 0.25) is 0 Å². The molecule has 0 aromatic heterocycles. The van der Waals surface area contributed by atoms with Crippen molar-refractivity contribution in [1.29, 1.82) is 0 Å². The molecule has 8 N–H and O–H groups in total. The van der Waals surface area contributed by atoms with Gasteiger partial charge in [-0.25, -0.2) is 0 Å². The third kappa shape index (κ3) is 8230. The van der Waals surface area contributed by atoms with Crippen LogP contribution in [0.4, 0.5) is 17.3 Å². The summed E-state index contributed by atoms with van der Waals surface area (Å²) in [7, 11) is -10.7. The Kier molecular flexibility index (Phi) is 45.9. The Bertz CT molecular complexity index is 72.5. The van der Waals surface area contributed by atoms with Gasteiger partial charge in [-0.05, 0) is 0 Å². The summed E-state index contributed by atoms with van der Waals surface area (Å²) in [4.78, 5) is 0. The average Bonchev–Trinajstić information content (AvgIpc) is 1.76. The Labute approximate surface area is 117 Å². The molecule has 0 atom stereocenters. The van der Waals surface area contributed by atoms with E-state index in [2.05, 4.69) is 0 Å². The van der Waals surface area contributed by atoms with Crippen LogP contribution < -0.4 is 0 Å². The molecule has 0 bridgehead atoms. The first-order valence-corrected chi connectivity index (χ1v) is 2.94. The standard InChI is InChI=1S/4BFH2O2.Na.H/c4*2-1(3)4;;/h4*3-4H;;. The van der Waals surface area contributed by atoms with E-state index in [4.69, 9.17) is 40.2 Å². The maximum absolute atomic E-state index is 10.1. The van der Waals surface area contributed by atoms with Crippen LogP contribution in [-0.4, -0.2) is 99.3 Å². The summed E-state index contributed by atoms with van der Waals surface area (Å²) in [6.07, 6.45) is 0. The molecule has 0 aromatic carbocycles. The van der Waals surface area contributed by atoms with Crippen molar-refractivity contribution in [3.8, 4) is 0 Å². The Morgan fingerprint density at radius 3 is 0.412 bits per heavy atom. The summed E-state index contributed by atoms with van der Waals surface area (Å²) in [5.41, 5.74) is 0. The fourth-order valence-corrected chi connectivity index (χ4v) is 0. The maximum atomic E-state index is 10.1. The molecule has 0 saturated heterocycles. The minimum atomic E-state index is -2.67. The molecule has 0 heterocycles. The first kappa shape index (κ1) is 30.6. The Hall–Kier alpha value is 0.660. The number of hydrogen-bond acceptors (Lipinski definition) is 8. The van der Waals surface area contributed by atoms with Crippen molar-refractivity contribution in [3.05, 3.63) is 0 Å². The number of rotatable bonds is 0. The first-order valence-electron chi connectivity index (χ1n) is 2.94. The normalized spacial score (nSPS) is 6.35. The van der Waals surface area contributed by atoms with Crippen molar-refractivity contribution in [1.82, 2.24) is 0 Å². The minimum absolute atomic E-state index is 0. The molecule has 98 valence electrons. The van der Waals surface area contributed by atoms with E-state index in [9.17, 15) is 17.3 Å². The van der Waals surface area contributed by atoms with Gasteiger partial charge in [0.15, 0.2) is 0 Å². The topological polar surface area (TPSA) is 162 Å². The quantitative estimate of drug-likeness (QED) is 0.161. The first-order chi connectivity index (χ1) is 6.93. The third-order valence-corrected chi connectivity index (χ3v) is 0. The van der Waals surface area contributed by atoms with Gasteiger partial charge in [0.1, 0.15) is 0 Å². The Balaban J connectivity index is -0.0000000369. The van der Waals surface area contributed by atoms with Crippen molar-refractivity contribution in [2.75, 3.05) is 0 Å². The SMILES string of the molecule is OB(O)F.OB(O)F.OB(O)F.OB(O)F.[NaH]. The molecule has 0 aliphatic heterocycles. The summed E-state index contributed by atoms with van der Waals surface area (Å²) in [5, 5.41) is 55.6. The van der Waals surface area contributed by atoms with Crippen LogP contribution in [0.25, 0.3) is 0 Å². The van der Waals surface area contributed by atoms with Crippen LogP contribution in [0.1, 0.15) is 0 Å². The van der Waals surface area contributed by atoms with Gasteiger partial charge < -0.3 is 40.2 Å². The van der Waals surface area contributed by atoms with E-state index in [1.165, 1.54) is 0 Å². The molecule has 0 fully saturated rings. The van der Waals surface area contributed by atoms with Gasteiger partial charge in [-0.15, -0.1) is 0 Å². The van der Waals surface area contributed by atoms with Gasteiger partial charge >= 0.3 is 59.1 Å². The summed E-state index contributed by atoms with van der Waals surface area (Å²) in [6.45, 7) is 0. The number of halogens is 4.